The van der Waals surface area contributed by atoms with Crippen LogP contribution in [0.5, 0.6) is 0 Å². The van der Waals surface area contributed by atoms with Crippen molar-refractivity contribution in [2.45, 2.75) is 123 Å². The summed E-state index contributed by atoms with van der Waals surface area (Å²) in [6.07, 6.45) is 5.40. The number of carbonyl (C=O) groups is 1. The number of methoxy groups -OCH3 is 1. The largest absolute Gasteiger partial charge is 0.466 e. The SMILES string of the molecule is COC(=O)C(=CC[C@H](O[Si](C)(C)C(C)(C)C)/C(C)=C/I)CCC[C@H](C)CO[Si](C)(C)C(C)(C)C. The molecule has 0 aliphatic rings. The van der Waals surface area contributed by atoms with Crippen molar-refractivity contribution in [3.8, 4) is 0 Å². The average Bonchev–Trinajstić information content (AvgIpc) is 2.70. The first kappa shape index (κ1) is 34.0. The molecule has 0 radical (unpaired) electrons. The summed E-state index contributed by atoms with van der Waals surface area (Å²) in [7, 11) is -2.20. The summed E-state index contributed by atoms with van der Waals surface area (Å²) in [4.78, 5) is 12.5. The van der Waals surface area contributed by atoms with Gasteiger partial charge in [0.05, 0.1) is 13.2 Å². The fourth-order valence-electron chi connectivity index (χ4n) is 2.89. The Morgan fingerprint density at radius 3 is 1.97 bits per heavy atom. The highest BCUT2D eigenvalue weighted by atomic mass is 127. The van der Waals surface area contributed by atoms with Crippen LogP contribution in [0.3, 0.4) is 0 Å². The highest BCUT2D eigenvalue weighted by molar-refractivity contribution is 14.1. The molecule has 200 valence electrons. The van der Waals surface area contributed by atoms with Crippen molar-refractivity contribution in [1.29, 1.82) is 0 Å². The van der Waals surface area contributed by atoms with Gasteiger partial charge in [-0.2, -0.15) is 0 Å². The third-order valence-electron chi connectivity index (χ3n) is 7.63. The lowest BCUT2D eigenvalue weighted by molar-refractivity contribution is -0.136. The van der Waals surface area contributed by atoms with Crippen LogP contribution in [0.25, 0.3) is 0 Å². The molecule has 0 aromatic carbocycles. The molecule has 2 atom stereocenters. The van der Waals surface area contributed by atoms with Gasteiger partial charge >= 0.3 is 5.97 Å². The third-order valence-corrected chi connectivity index (χ3v) is 17.6. The molecule has 34 heavy (non-hydrogen) atoms. The Balaban J connectivity index is 5.20. The Morgan fingerprint density at radius 2 is 1.53 bits per heavy atom. The van der Waals surface area contributed by atoms with E-state index in [0.29, 0.717) is 12.3 Å². The molecule has 0 aliphatic heterocycles. The van der Waals surface area contributed by atoms with Gasteiger partial charge in [0.2, 0.25) is 0 Å². The maximum atomic E-state index is 12.5. The molecule has 0 N–H and O–H groups in total. The second-order valence-corrected chi connectivity index (χ2v) is 22.9. The molecule has 0 rings (SSSR count). The summed E-state index contributed by atoms with van der Waals surface area (Å²) in [5.41, 5.74) is 1.95. The van der Waals surface area contributed by atoms with Gasteiger partial charge in [0, 0.05) is 12.2 Å². The van der Waals surface area contributed by atoms with E-state index in [0.717, 1.165) is 31.4 Å². The van der Waals surface area contributed by atoms with Crippen molar-refractivity contribution >= 4 is 45.2 Å². The molecule has 0 aromatic heterocycles. The first-order valence-corrected chi connectivity index (χ1v) is 19.7. The van der Waals surface area contributed by atoms with Crippen LogP contribution in [0.1, 0.15) is 81.1 Å². The summed E-state index contributed by atoms with van der Waals surface area (Å²) >= 11 is 2.28. The van der Waals surface area contributed by atoms with Crippen molar-refractivity contribution in [3.05, 3.63) is 21.3 Å². The molecular weight excluding hydrogens is 571 g/mol. The van der Waals surface area contributed by atoms with E-state index in [2.05, 4.69) is 108 Å². The van der Waals surface area contributed by atoms with E-state index in [-0.39, 0.29) is 22.1 Å². The highest BCUT2D eigenvalue weighted by Crippen LogP contribution is 2.39. The van der Waals surface area contributed by atoms with Crippen LogP contribution in [0.15, 0.2) is 21.3 Å². The summed E-state index contributed by atoms with van der Waals surface area (Å²) < 4.78 is 20.3. The standard InChI is InChI=1S/C27H53IO4Si2/c1-21(20-31-33(10,11)26(3,4)5)15-14-16-23(25(29)30-9)17-18-24(22(2)19-28)32-34(12,13)27(6,7)8/h17,19,21,24H,14-16,18,20H2,1-13H3/b22-19+,23-17?/t21-,24-/m0/s1. The molecule has 0 fully saturated rings. The molecule has 0 saturated carbocycles. The van der Waals surface area contributed by atoms with Crippen LogP contribution in [-0.2, 0) is 18.4 Å². The highest BCUT2D eigenvalue weighted by Gasteiger charge is 2.39. The molecule has 0 aromatic rings. The maximum Gasteiger partial charge on any atom is 0.333 e. The van der Waals surface area contributed by atoms with E-state index < -0.39 is 16.6 Å². The molecule has 0 heterocycles. The van der Waals surface area contributed by atoms with E-state index >= 15 is 0 Å². The smallest absolute Gasteiger partial charge is 0.333 e. The Kier molecular flexibility index (Phi) is 14.1. The van der Waals surface area contributed by atoms with E-state index in [9.17, 15) is 4.79 Å². The van der Waals surface area contributed by atoms with Crippen LogP contribution in [0.2, 0.25) is 36.3 Å². The van der Waals surface area contributed by atoms with Crippen LogP contribution in [-0.4, -0.2) is 42.4 Å². The molecule has 0 bridgehead atoms. The molecule has 0 saturated heterocycles. The Morgan fingerprint density at radius 1 is 1.00 bits per heavy atom. The molecule has 4 nitrogen and oxygen atoms in total. The third kappa shape index (κ3) is 11.4. The zero-order chi connectivity index (χ0) is 27.0. The van der Waals surface area contributed by atoms with Crippen molar-refractivity contribution < 1.29 is 18.4 Å². The molecule has 0 spiro atoms. The van der Waals surface area contributed by atoms with E-state index in [1.807, 2.05) is 6.08 Å². The molecule has 7 heteroatoms. The monoisotopic (exact) mass is 624 g/mol. The first-order valence-electron chi connectivity index (χ1n) is 12.6. The Hall–Kier alpha value is 0.0338. The predicted octanol–water partition coefficient (Wildman–Crippen LogP) is 9.03. The van der Waals surface area contributed by atoms with Gasteiger partial charge in [-0.15, -0.1) is 0 Å². The first-order chi connectivity index (χ1) is 15.3. The van der Waals surface area contributed by atoms with Gasteiger partial charge in [-0.3, -0.25) is 0 Å². The van der Waals surface area contributed by atoms with Gasteiger partial charge in [-0.1, -0.05) is 77.1 Å². The minimum atomic E-state index is -1.93. The summed E-state index contributed by atoms with van der Waals surface area (Å²) in [6.45, 7) is 27.9. The normalized spacial score (nSPS) is 16.4. The van der Waals surface area contributed by atoms with Gasteiger partial charge in [-0.05, 0) is 84.4 Å². The van der Waals surface area contributed by atoms with Crippen molar-refractivity contribution in [2.75, 3.05) is 13.7 Å². The van der Waals surface area contributed by atoms with Crippen molar-refractivity contribution in [2.24, 2.45) is 5.92 Å². The minimum Gasteiger partial charge on any atom is -0.466 e. The van der Waals surface area contributed by atoms with Gasteiger partial charge < -0.3 is 13.6 Å². The molecule has 0 aliphatic carbocycles. The number of carbonyl (C=O) groups excluding carboxylic acids is 1. The second-order valence-electron chi connectivity index (χ2n) is 12.7. The van der Waals surface area contributed by atoms with E-state index in [1.165, 1.54) is 12.7 Å². The zero-order valence-corrected chi connectivity index (χ0v) is 28.5. The lowest BCUT2D eigenvalue weighted by Crippen LogP contribution is -2.44. The topological polar surface area (TPSA) is 44.8 Å². The fourth-order valence-corrected chi connectivity index (χ4v) is 5.77. The quantitative estimate of drug-likeness (QED) is 0.0888. The number of esters is 1. The van der Waals surface area contributed by atoms with E-state index in [4.69, 9.17) is 13.6 Å². The van der Waals surface area contributed by atoms with Gasteiger partial charge in [0.1, 0.15) is 0 Å². The van der Waals surface area contributed by atoms with Crippen LogP contribution in [0, 0.1) is 5.92 Å². The lowest BCUT2D eigenvalue weighted by atomic mass is 10.00. The lowest BCUT2D eigenvalue weighted by Gasteiger charge is -2.39. The van der Waals surface area contributed by atoms with Gasteiger partial charge in [0.15, 0.2) is 16.6 Å². The number of halogens is 1. The van der Waals surface area contributed by atoms with Gasteiger partial charge in [-0.25, -0.2) is 4.79 Å². The minimum absolute atomic E-state index is 0.0191. The maximum absolute atomic E-state index is 12.5. The van der Waals surface area contributed by atoms with E-state index in [1.54, 1.807) is 0 Å². The summed E-state index contributed by atoms with van der Waals surface area (Å²) in [6, 6.07) is 0. The molecule has 0 amide bonds. The zero-order valence-electron chi connectivity index (χ0n) is 24.4. The number of ether oxygens (including phenoxy) is 1. The number of hydrogen-bond acceptors (Lipinski definition) is 4. The van der Waals surface area contributed by atoms with Crippen molar-refractivity contribution in [3.63, 3.8) is 0 Å². The predicted molar refractivity (Wildman–Crippen MR) is 161 cm³/mol. The molecule has 0 unspecified atom stereocenters. The van der Waals surface area contributed by atoms with Crippen LogP contribution in [0.4, 0.5) is 0 Å². The second kappa shape index (κ2) is 14.1. The molecular formula is C27H53IO4Si2. The summed E-state index contributed by atoms with van der Waals surface area (Å²) in [5.74, 6) is 0.235. The van der Waals surface area contributed by atoms with Gasteiger partial charge in [0.25, 0.3) is 0 Å². The fraction of sp³-hybridized carbons (Fsp3) is 0.815. The van der Waals surface area contributed by atoms with Crippen LogP contribution < -0.4 is 0 Å². The average molecular weight is 625 g/mol. The van der Waals surface area contributed by atoms with Crippen LogP contribution >= 0.6 is 22.6 Å². The summed E-state index contributed by atoms with van der Waals surface area (Å²) in [5, 5.41) is 0.357. The Labute approximate surface area is 227 Å². The number of hydrogen-bond donors (Lipinski definition) is 0. The Bertz CT molecular complexity index is 700. The number of rotatable bonds is 13. The van der Waals surface area contributed by atoms with Crippen molar-refractivity contribution in [1.82, 2.24) is 0 Å².